The van der Waals surface area contributed by atoms with E-state index < -0.39 is 54.3 Å². The minimum atomic E-state index is -1.52. The lowest BCUT2D eigenvalue weighted by atomic mass is 9.99. The second-order valence-corrected chi connectivity index (χ2v) is 9.90. The first-order chi connectivity index (χ1) is 18.4. The molecule has 0 aromatic heterocycles. The van der Waals surface area contributed by atoms with E-state index in [0.29, 0.717) is 0 Å². The van der Waals surface area contributed by atoms with Crippen LogP contribution in [-0.2, 0) is 21.0 Å². The average molecular weight is 544 g/mol. The maximum absolute atomic E-state index is 13.3. The van der Waals surface area contributed by atoms with Gasteiger partial charge in [0.1, 0.15) is 24.7 Å². The predicted octanol–water partition coefficient (Wildman–Crippen LogP) is 1.82. The lowest BCUT2D eigenvalue weighted by molar-refractivity contribution is -0.143. The fourth-order valence-electron chi connectivity index (χ4n) is 3.76. The van der Waals surface area contributed by atoms with Crippen molar-refractivity contribution < 1.29 is 39.2 Å². The van der Waals surface area contributed by atoms with Gasteiger partial charge in [-0.05, 0) is 36.0 Å². The van der Waals surface area contributed by atoms with Crippen molar-refractivity contribution in [2.45, 2.75) is 58.8 Å². The number of aromatic hydroxyl groups is 1. The van der Waals surface area contributed by atoms with Crippen LogP contribution in [0, 0.1) is 11.8 Å². The quantitative estimate of drug-likeness (QED) is 0.209. The number of benzene rings is 2. The first-order valence-electron chi connectivity index (χ1n) is 12.7. The van der Waals surface area contributed by atoms with Crippen LogP contribution in [0.3, 0.4) is 0 Å². The summed E-state index contributed by atoms with van der Waals surface area (Å²) in [7, 11) is 0. The molecule has 2 aromatic carbocycles. The number of phenolic OH excluding ortho intramolecular Hbond substituents is 1. The molecule has 39 heavy (non-hydrogen) atoms. The van der Waals surface area contributed by atoms with Gasteiger partial charge in [0.25, 0.3) is 5.91 Å². The van der Waals surface area contributed by atoms with Crippen molar-refractivity contribution >= 4 is 23.7 Å². The zero-order chi connectivity index (χ0) is 29.1. The summed E-state index contributed by atoms with van der Waals surface area (Å²) in [6.07, 6.45) is 0.193. The van der Waals surface area contributed by atoms with Crippen molar-refractivity contribution in [1.82, 2.24) is 16.0 Å². The van der Waals surface area contributed by atoms with Gasteiger partial charge in [-0.25, -0.2) is 4.79 Å². The Bertz CT molecular complexity index is 1140. The van der Waals surface area contributed by atoms with Gasteiger partial charge in [0, 0.05) is 0 Å². The number of hydrogen-bond donors (Lipinski definition) is 6. The number of carboxylic acid groups (broad SMARTS) is 1. The SMILES string of the molecule is CC(C)C[C@H](NC(=O)[C@@H](NC(=O)c1cccc(O)c1OCc1ccccc1)C(C)C)C(=O)N[C@@H](CO)C(=O)O. The van der Waals surface area contributed by atoms with Gasteiger partial charge >= 0.3 is 5.97 Å². The number of carbonyl (C=O) groups excluding carboxylic acids is 3. The number of carboxylic acids is 1. The van der Waals surface area contributed by atoms with Crippen LogP contribution in [0.25, 0.3) is 0 Å². The molecule has 3 atom stereocenters. The minimum absolute atomic E-state index is 0.0214. The number of aliphatic carboxylic acids is 1. The van der Waals surface area contributed by atoms with Gasteiger partial charge in [0.2, 0.25) is 11.8 Å². The highest BCUT2D eigenvalue weighted by molar-refractivity contribution is 6.01. The Labute approximate surface area is 227 Å². The zero-order valence-corrected chi connectivity index (χ0v) is 22.5. The predicted molar refractivity (Wildman–Crippen MR) is 143 cm³/mol. The zero-order valence-electron chi connectivity index (χ0n) is 22.5. The number of amides is 3. The summed E-state index contributed by atoms with van der Waals surface area (Å²) in [4.78, 5) is 50.5. The molecule has 2 aromatic rings. The number of para-hydroxylation sites is 1. The Morgan fingerprint density at radius 3 is 2.05 bits per heavy atom. The van der Waals surface area contributed by atoms with Gasteiger partial charge in [0.15, 0.2) is 11.5 Å². The second kappa shape index (κ2) is 14.7. The third kappa shape index (κ3) is 9.29. The number of aliphatic hydroxyl groups excluding tert-OH is 1. The number of carbonyl (C=O) groups is 4. The Morgan fingerprint density at radius 1 is 0.846 bits per heavy atom. The van der Waals surface area contributed by atoms with E-state index in [0.717, 1.165) is 5.56 Å². The molecule has 0 saturated carbocycles. The van der Waals surface area contributed by atoms with Crippen LogP contribution >= 0.6 is 0 Å². The number of aliphatic hydroxyl groups is 1. The van der Waals surface area contributed by atoms with Gasteiger partial charge in [-0.1, -0.05) is 64.1 Å². The highest BCUT2D eigenvalue weighted by atomic mass is 16.5. The van der Waals surface area contributed by atoms with Gasteiger partial charge < -0.3 is 36.0 Å². The van der Waals surface area contributed by atoms with E-state index in [4.69, 9.17) is 9.84 Å². The Kier molecular flexibility index (Phi) is 11.7. The second-order valence-electron chi connectivity index (χ2n) is 9.90. The molecule has 0 aliphatic carbocycles. The third-order valence-corrected chi connectivity index (χ3v) is 5.84. The summed E-state index contributed by atoms with van der Waals surface area (Å²) in [5.41, 5.74) is 0.848. The van der Waals surface area contributed by atoms with Crippen molar-refractivity contribution in [2.75, 3.05) is 6.61 Å². The highest BCUT2D eigenvalue weighted by Gasteiger charge is 2.32. The molecule has 0 aliphatic rings. The Morgan fingerprint density at radius 2 is 1.49 bits per heavy atom. The van der Waals surface area contributed by atoms with Crippen LogP contribution in [0.5, 0.6) is 11.5 Å². The van der Waals surface area contributed by atoms with E-state index in [-0.39, 0.29) is 36.0 Å². The summed E-state index contributed by atoms with van der Waals surface area (Å²) in [5, 5.41) is 36.2. The standard InChI is InChI=1S/C28H37N3O8/c1-16(2)13-20(26(35)30-21(14-32)28(37)38)29-27(36)23(17(3)4)31-25(34)19-11-8-12-22(33)24(19)39-15-18-9-6-5-7-10-18/h5-12,16-17,20-21,23,32-33H,13-15H2,1-4H3,(H,29,36)(H,30,35)(H,31,34)(H,37,38)/t20-,21-,23-/m0/s1. The van der Waals surface area contributed by atoms with Gasteiger partial charge in [-0.15, -0.1) is 0 Å². The Balaban J connectivity index is 2.21. The van der Waals surface area contributed by atoms with Crippen molar-refractivity contribution in [3.8, 4) is 11.5 Å². The summed E-state index contributed by atoms with van der Waals surface area (Å²) in [5.74, 6) is -4.21. The van der Waals surface area contributed by atoms with E-state index in [1.807, 2.05) is 44.2 Å². The maximum Gasteiger partial charge on any atom is 0.328 e. The topological polar surface area (TPSA) is 174 Å². The van der Waals surface area contributed by atoms with Crippen LogP contribution in [0.1, 0.15) is 50.0 Å². The molecule has 212 valence electrons. The molecule has 2 rings (SSSR count). The fraction of sp³-hybridized carbons (Fsp3) is 0.429. The minimum Gasteiger partial charge on any atom is -0.504 e. The van der Waals surface area contributed by atoms with Crippen molar-refractivity contribution in [2.24, 2.45) is 11.8 Å². The van der Waals surface area contributed by atoms with Crippen LogP contribution in [0.4, 0.5) is 0 Å². The molecule has 11 nitrogen and oxygen atoms in total. The molecular formula is C28H37N3O8. The maximum atomic E-state index is 13.3. The highest BCUT2D eigenvalue weighted by Crippen LogP contribution is 2.31. The normalized spacial score (nSPS) is 13.3. The molecule has 0 spiro atoms. The van der Waals surface area contributed by atoms with Crippen molar-refractivity contribution in [3.05, 3.63) is 59.7 Å². The summed E-state index contributed by atoms with van der Waals surface area (Å²) < 4.78 is 5.75. The van der Waals surface area contributed by atoms with Crippen LogP contribution in [-0.4, -0.2) is 63.7 Å². The molecule has 0 saturated heterocycles. The molecule has 3 amide bonds. The molecule has 0 aliphatic heterocycles. The van der Waals surface area contributed by atoms with Gasteiger partial charge in [0.05, 0.1) is 12.2 Å². The molecule has 0 fully saturated rings. The summed E-state index contributed by atoms with van der Waals surface area (Å²) in [6, 6.07) is 9.82. The number of rotatable bonds is 14. The van der Waals surface area contributed by atoms with Crippen LogP contribution in [0.2, 0.25) is 0 Å². The molecule has 0 radical (unpaired) electrons. The van der Waals surface area contributed by atoms with Crippen molar-refractivity contribution in [1.29, 1.82) is 0 Å². The number of phenols is 1. The smallest absolute Gasteiger partial charge is 0.328 e. The monoisotopic (exact) mass is 543 g/mol. The van der Waals surface area contributed by atoms with E-state index in [2.05, 4.69) is 16.0 Å². The molecule has 0 bridgehead atoms. The lowest BCUT2D eigenvalue weighted by Crippen LogP contribution is -2.57. The van der Waals surface area contributed by atoms with Crippen molar-refractivity contribution in [3.63, 3.8) is 0 Å². The number of ether oxygens (including phenoxy) is 1. The molecule has 0 unspecified atom stereocenters. The number of nitrogens with one attached hydrogen (secondary N) is 3. The molecule has 11 heteroatoms. The molecular weight excluding hydrogens is 506 g/mol. The van der Waals surface area contributed by atoms with Crippen LogP contribution in [0.15, 0.2) is 48.5 Å². The Hall–Kier alpha value is -4.12. The van der Waals surface area contributed by atoms with Gasteiger partial charge in [-0.2, -0.15) is 0 Å². The largest absolute Gasteiger partial charge is 0.504 e. The fourth-order valence-corrected chi connectivity index (χ4v) is 3.76. The van der Waals surface area contributed by atoms with E-state index in [1.165, 1.54) is 18.2 Å². The first-order valence-corrected chi connectivity index (χ1v) is 12.7. The summed E-state index contributed by atoms with van der Waals surface area (Å²) in [6.45, 7) is 6.37. The average Bonchev–Trinajstić information content (AvgIpc) is 2.88. The first kappa shape index (κ1) is 31.1. The number of hydrogen-bond acceptors (Lipinski definition) is 7. The van der Waals surface area contributed by atoms with E-state index in [9.17, 15) is 29.4 Å². The summed E-state index contributed by atoms with van der Waals surface area (Å²) >= 11 is 0. The van der Waals surface area contributed by atoms with E-state index >= 15 is 0 Å². The lowest BCUT2D eigenvalue weighted by Gasteiger charge is -2.27. The third-order valence-electron chi connectivity index (χ3n) is 5.84. The molecule has 6 N–H and O–H groups in total. The van der Waals surface area contributed by atoms with E-state index in [1.54, 1.807) is 13.8 Å². The van der Waals surface area contributed by atoms with Crippen LogP contribution < -0.4 is 20.7 Å². The van der Waals surface area contributed by atoms with Gasteiger partial charge in [-0.3, -0.25) is 14.4 Å². The molecule has 0 heterocycles.